The van der Waals surface area contributed by atoms with E-state index in [0.717, 1.165) is 29.7 Å². The lowest BCUT2D eigenvalue weighted by atomic mass is 9.68. The minimum Gasteiger partial charge on any atom is -0.338 e. The van der Waals surface area contributed by atoms with Crippen molar-refractivity contribution in [2.45, 2.75) is 44.9 Å². The maximum atomic E-state index is 14.5. The van der Waals surface area contributed by atoms with Crippen LogP contribution < -0.4 is 0 Å². The lowest BCUT2D eigenvalue weighted by Crippen LogP contribution is -2.48. The molecular formula is C30H29F2N5O. The number of hydrogen-bond donors (Lipinski definition) is 1. The highest BCUT2D eigenvalue weighted by Crippen LogP contribution is 2.67. The van der Waals surface area contributed by atoms with Gasteiger partial charge in [-0.3, -0.25) is 9.89 Å². The van der Waals surface area contributed by atoms with Crippen molar-refractivity contribution in [3.05, 3.63) is 89.2 Å². The average molecular weight is 514 g/mol. The summed E-state index contributed by atoms with van der Waals surface area (Å²) in [6.45, 7) is 7.38. The molecule has 1 fully saturated rings. The highest BCUT2D eigenvalue weighted by Gasteiger charge is 2.64. The Balaban J connectivity index is 1.38. The standard InChI is InChI=1S/C30H29F2N5O/c1-4-37(28(38)20-16-33-35-26(20)18-9-6-5-7-10-18)17-30-14-13-21(29(30,2)3)19-15-24(34-36-27(19)30)25-22(31)11-8-12-23(25)32/h5-12,15-16,21H,4,13-14,17H2,1-3H3,(H,33,35)/t21-,30-/m0/s1. The summed E-state index contributed by atoms with van der Waals surface area (Å²) in [7, 11) is 0. The zero-order valence-electron chi connectivity index (χ0n) is 21.6. The summed E-state index contributed by atoms with van der Waals surface area (Å²) in [5, 5.41) is 16.1. The number of aromatic nitrogens is 4. The van der Waals surface area contributed by atoms with Gasteiger partial charge >= 0.3 is 0 Å². The first-order chi connectivity index (χ1) is 18.3. The highest BCUT2D eigenvalue weighted by molar-refractivity contribution is 5.99. The Bertz CT molecular complexity index is 1510. The van der Waals surface area contributed by atoms with Crippen LogP contribution in [0.25, 0.3) is 22.5 Å². The molecule has 1 saturated carbocycles. The minimum atomic E-state index is -0.659. The predicted octanol–water partition coefficient (Wildman–Crippen LogP) is 6.13. The van der Waals surface area contributed by atoms with Crippen LogP contribution in [0.2, 0.25) is 0 Å². The van der Waals surface area contributed by atoms with E-state index < -0.39 is 17.0 Å². The van der Waals surface area contributed by atoms with Gasteiger partial charge in [-0.1, -0.05) is 50.2 Å². The quantitative estimate of drug-likeness (QED) is 0.337. The van der Waals surface area contributed by atoms with E-state index in [1.54, 1.807) is 12.3 Å². The zero-order valence-corrected chi connectivity index (χ0v) is 21.6. The van der Waals surface area contributed by atoms with Gasteiger partial charge in [0.25, 0.3) is 5.91 Å². The van der Waals surface area contributed by atoms with E-state index in [1.165, 1.54) is 18.2 Å². The van der Waals surface area contributed by atoms with E-state index in [0.29, 0.717) is 24.3 Å². The van der Waals surface area contributed by atoms with Crippen molar-refractivity contribution in [2.24, 2.45) is 5.41 Å². The van der Waals surface area contributed by atoms with E-state index in [9.17, 15) is 13.6 Å². The van der Waals surface area contributed by atoms with Crippen molar-refractivity contribution >= 4 is 5.91 Å². The fourth-order valence-electron chi connectivity index (χ4n) is 6.74. The molecule has 0 saturated heterocycles. The molecule has 0 unspecified atom stereocenters. The van der Waals surface area contributed by atoms with Crippen LogP contribution in [-0.2, 0) is 5.41 Å². The minimum absolute atomic E-state index is 0.0971. The van der Waals surface area contributed by atoms with Crippen LogP contribution >= 0.6 is 0 Å². The predicted molar refractivity (Wildman–Crippen MR) is 140 cm³/mol. The fraction of sp³-hybridized carbons (Fsp3) is 0.333. The second-order valence-electron chi connectivity index (χ2n) is 10.9. The van der Waals surface area contributed by atoms with Crippen LogP contribution in [0.5, 0.6) is 0 Å². The molecule has 0 spiro atoms. The third kappa shape index (κ3) is 3.42. The van der Waals surface area contributed by atoms with Crippen molar-refractivity contribution in [3.8, 4) is 22.5 Å². The third-order valence-electron chi connectivity index (χ3n) is 8.90. The number of nitrogens with one attached hydrogen (secondary N) is 1. The molecule has 2 aromatic carbocycles. The number of aromatic amines is 1. The van der Waals surface area contributed by atoms with Crippen molar-refractivity contribution in [1.29, 1.82) is 0 Å². The molecule has 2 bridgehead atoms. The number of benzene rings is 2. The van der Waals surface area contributed by atoms with E-state index in [4.69, 9.17) is 0 Å². The van der Waals surface area contributed by atoms with Gasteiger partial charge in [-0.15, -0.1) is 0 Å². The van der Waals surface area contributed by atoms with E-state index in [1.807, 2.05) is 42.2 Å². The summed E-state index contributed by atoms with van der Waals surface area (Å²) < 4.78 is 29.1. The summed E-state index contributed by atoms with van der Waals surface area (Å²) >= 11 is 0. The van der Waals surface area contributed by atoms with Gasteiger partial charge in [-0.2, -0.15) is 15.3 Å². The molecule has 2 aliphatic rings. The number of H-pyrrole nitrogens is 1. The number of nitrogens with zero attached hydrogens (tertiary/aromatic N) is 4. The fourth-order valence-corrected chi connectivity index (χ4v) is 6.74. The van der Waals surface area contributed by atoms with Crippen molar-refractivity contribution in [3.63, 3.8) is 0 Å². The number of rotatable bonds is 6. The number of carbonyl (C=O) groups excluding carboxylic acids is 1. The van der Waals surface area contributed by atoms with Gasteiger partial charge in [0, 0.05) is 24.1 Å². The molecule has 194 valence electrons. The molecule has 8 heteroatoms. The molecule has 0 radical (unpaired) electrons. The number of carbonyl (C=O) groups is 1. The average Bonchev–Trinajstić information content (AvgIpc) is 3.55. The topological polar surface area (TPSA) is 74.8 Å². The Morgan fingerprint density at radius 3 is 2.53 bits per heavy atom. The number of likely N-dealkylation sites (N-methyl/N-ethyl adjacent to an activating group) is 1. The summed E-state index contributed by atoms with van der Waals surface area (Å²) in [4.78, 5) is 15.7. The first-order valence-corrected chi connectivity index (χ1v) is 13.0. The largest absolute Gasteiger partial charge is 0.338 e. The molecule has 0 aliphatic heterocycles. The second kappa shape index (κ2) is 8.82. The van der Waals surface area contributed by atoms with E-state index in [2.05, 4.69) is 34.2 Å². The molecular weight excluding hydrogens is 484 g/mol. The molecule has 1 amide bonds. The summed E-state index contributed by atoms with van der Waals surface area (Å²) in [6, 6.07) is 15.3. The molecule has 2 aromatic heterocycles. The molecule has 2 heterocycles. The Kier molecular flexibility index (Phi) is 5.67. The smallest absolute Gasteiger partial charge is 0.257 e. The second-order valence-corrected chi connectivity index (χ2v) is 10.9. The summed E-state index contributed by atoms with van der Waals surface area (Å²) in [6.07, 6.45) is 3.36. The third-order valence-corrected chi connectivity index (χ3v) is 8.90. The van der Waals surface area contributed by atoms with Crippen molar-refractivity contribution in [2.75, 3.05) is 13.1 Å². The van der Waals surface area contributed by atoms with Gasteiger partial charge in [-0.25, -0.2) is 8.78 Å². The monoisotopic (exact) mass is 513 g/mol. The Hall–Kier alpha value is -3.94. The number of fused-ring (bicyclic) bond motifs is 5. The van der Waals surface area contributed by atoms with Crippen LogP contribution in [0.3, 0.4) is 0 Å². The first kappa shape index (κ1) is 24.4. The van der Waals surface area contributed by atoms with Gasteiger partial charge in [0.15, 0.2) is 0 Å². The highest BCUT2D eigenvalue weighted by atomic mass is 19.1. The molecule has 6 nitrogen and oxygen atoms in total. The van der Waals surface area contributed by atoms with Crippen LogP contribution in [0.15, 0.2) is 60.8 Å². The molecule has 6 rings (SSSR count). The van der Waals surface area contributed by atoms with Gasteiger partial charge in [0.2, 0.25) is 0 Å². The van der Waals surface area contributed by atoms with Crippen LogP contribution in [-0.4, -0.2) is 44.3 Å². The Labute approximate surface area is 220 Å². The van der Waals surface area contributed by atoms with Crippen LogP contribution in [0, 0.1) is 17.0 Å². The maximum absolute atomic E-state index is 14.5. The lowest BCUT2D eigenvalue weighted by molar-refractivity contribution is 0.0653. The normalized spacial score (nSPS) is 20.9. The maximum Gasteiger partial charge on any atom is 0.257 e. The molecule has 2 aliphatic carbocycles. The van der Waals surface area contributed by atoms with Crippen LogP contribution in [0.4, 0.5) is 8.78 Å². The van der Waals surface area contributed by atoms with Crippen LogP contribution in [0.1, 0.15) is 61.1 Å². The Morgan fingerprint density at radius 1 is 1.08 bits per heavy atom. The van der Waals surface area contributed by atoms with Gasteiger partial charge in [0.1, 0.15) is 11.6 Å². The van der Waals surface area contributed by atoms with Gasteiger partial charge in [-0.05, 0) is 54.9 Å². The number of amides is 1. The first-order valence-electron chi connectivity index (χ1n) is 13.0. The van der Waals surface area contributed by atoms with E-state index in [-0.39, 0.29) is 28.5 Å². The van der Waals surface area contributed by atoms with E-state index >= 15 is 0 Å². The molecule has 4 aromatic rings. The molecule has 38 heavy (non-hydrogen) atoms. The number of hydrogen-bond acceptors (Lipinski definition) is 4. The van der Waals surface area contributed by atoms with Gasteiger partial charge in [0.05, 0.1) is 34.4 Å². The van der Waals surface area contributed by atoms with Gasteiger partial charge < -0.3 is 4.90 Å². The zero-order chi connectivity index (χ0) is 26.7. The molecule has 1 N–H and O–H groups in total. The summed E-state index contributed by atoms with van der Waals surface area (Å²) in [5.41, 5.74) is 3.33. The Morgan fingerprint density at radius 2 is 1.82 bits per heavy atom. The SMILES string of the molecule is CCN(C[C@@]12CC[C@@H](c3cc(-c4c(F)cccc4F)nnc31)C2(C)C)C(=O)c1cn[nH]c1-c1ccccc1. The van der Waals surface area contributed by atoms with Crippen molar-refractivity contribution in [1.82, 2.24) is 25.3 Å². The lowest BCUT2D eigenvalue weighted by Gasteiger charge is -2.41. The summed E-state index contributed by atoms with van der Waals surface area (Å²) in [5.74, 6) is -1.26. The molecule has 2 atom stereocenters. The number of halogens is 2. The van der Waals surface area contributed by atoms with Crippen molar-refractivity contribution < 1.29 is 13.6 Å².